The standard InChI is InChI=1S/C26H21N3O5/c1-27-26(31)22-15-19(9-10-28-22)34-18-6-7-20-16(13-18)3-2-4-21(20)25(30)29-17-5-8-23-24(14-17)33-12-11-32-23/h2-10,13-15H,11-12H2,1H3,(H,27,31)(H,29,30). The van der Waals surface area contributed by atoms with Crippen LogP contribution in [0.15, 0.2) is 72.9 Å². The Kier molecular flexibility index (Phi) is 5.70. The molecule has 2 heterocycles. The molecule has 0 saturated heterocycles. The molecule has 0 aliphatic carbocycles. The third-order valence-corrected chi connectivity index (χ3v) is 5.32. The Hall–Kier alpha value is -4.59. The number of hydrogen-bond donors (Lipinski definition) is 2. The number of aromatic nitrogens is 1. The summed E-state index contributed by atoms with van der Waals surface area (Å²) in [5.41, 5.74) is 1.42. The van der Waals surface area contributed by atoms with Crippen LogP contribution in [-0.4, -0.2) is 37.1 Å². The molecule has 0 bridgehead atoms. The van der Waals surface area contributed by atoms with E-state index in [-0.39, 0.29) is 17.5 Å². The van der Waals surface area contributed by atoms with E-state index in [4.69, 9.17) is 14.2 Å². The average molecular weight is 455 g/mol. The van der Waals surface area contributed by atoms with Crippen LogP contribution < -0.4 is 24.8 Å². The third-order valence-electron chi connectivity index (χ3n) is 5.32. The fraction of sp³-hybridized carbons (Fsp3) is 0.115. The van der Waals surface area contributed by atoms with E-state index in [1.807, 2.05) is 24.3 Å². The number of carbonyl (C=O) groups excluding carboxylic acids is 2. The third kappa shape index (κ3) is 4.33. The van der Waals surface area contributed by atoms with E-state index in [1.165, 1.54) is 6.20 Å². The van der Waals surface area contributed by atoms with Gasteiger partial charge in [0, 0.05) is 36.6 Å². The van der Waals surface area contributed by atoms with Crippen molar-refractivity contribution in [2.75, 3.05) is 25.6 Å². The summed E-state index contributed by atoms with van der Waals surface area (Å²) in [6.45, 7) is 0.988. The van der Waals surface area contributed by atoms with Crippen molar-refractivity contribution in [1.82, 2.24) is 10.3 Å². The summed E-state index contributed by atoms with van der Waals surface area (Å²) in [6.07, 6.45) is 1.52. The molecule has 2 N–H and O–H groups in total. The van der Waals surface area contributed by atoms with Gasteiger partial charge in [-0.25, -0.2) is 0 Å². The molecule has 8 nitrogen and oxygen atoms in total. The van der Waals surface area contributed by atoms with Crippen LogP contribution >= 0.6 is 0 Å². The van der Waals surface area contributed by atoms with Gasteiger partial charge in [-0.3, -0.25) is 14.6 Å². The predicted molar refractivity (Wildman–Crippen MR) is 127 cm³/mol. The Bertz CT molecular complexity index is 1400. The Morgan fingerprint density at radius 1 is 0.882 bits per heavy atom. The van der Waals surface area contributed by atoms with Crippen molar-refractivity contribution in [2.24, 2.45) is 0 Å². The molecule has 4 aromatic rings. The van der Waals surface area contributed by atoms with Gasteiger partial charge in [0.1, 0.15) is 30.4 Å². The molecular weight excluding hydrogens is 434 g/mol. The van der Waals surface area contributed by atoms with Gasteiger partial charge < -0.3 is 24.8 Å². The fourth-order valence-electron chi connectivity index (χ4n) is 3.71. The number of ether oxygens (including phenoxy) is 3. The van der Waals surface area contributed by atoms with Crippen molar-refractivity contribution in [3.63, 3.8) is 0 Å². The number of hydrogen-bond acceptors (Lipinski definition) is 6. The predicted octanol–water partition coefficient (Wildman–Crippen LogP) is 4.41. The van der Waals surface area contributed by atoms with Crippen molar-refractivity contribution in [3.05, 3.63) is 84.2 Å². The fourth-order valence-corrected chi connectivity index (χ4v) is 3.71. The van der Waals surface area contributed by atoms with Gasteiger partial charge in [-0.15, -0.1) is 0 Å². The van der Waals surface area contributed by atoms with Crippen LogP contribution in [0.2, 0.25) is 0 Å². The Balaban J connectivity index is 1.37. The number of carbonyl (C=O) groups is 2. The van der Waals surface area contributed by atoms with Gasteiger partial charge in [-0.05, 0) is 53.2 Å². The topological polar surface area (TPSA) is 98.8 Å². The normalized spacial score (nSPS) is 12.1. The van der Waals surface area contributed by atoms with Crippen LogP contribution in [0.25, 0.3) is 10.8 Å². The van der Waals surface area contributed by atoms with Crippen LogP contribution in [0.1, 0.15) is 20.8 Å². The van der Waals surface area contributed by atoms with E-state index in [2.05, 4.69) is 15.6 Å². The molecule has 1 aliphatic rings. The Morgan fingerprint density at radius 2 is 1.71 bits per heavy atom. The van der Waals surface area contributed by atoms with E-state index in [1.54, 1.807) is 49.5 Å². The van der Waals surface area contributed by atoms with Gasteiger partial charge in [-0.2, -0.15) is 0 Å². The molecule has 0 spiro atoms. The van der Waals surface area contributed by atoms with Crippen LogP contribution in [0.5, 0.6) is 23.0 Å². The summed E-state index contributed by atoms with van der Waals surface area (Å²) in [7, 11) is 1.54. The zero-order valence-electron chi connectivity index (χ0n) is 18.3. The number of fused-ring (bicyclic) bond motifs is 2. The van der Waals surface area contributed by atoms with E-state index in [0.717, 1.165) is 10.8 Å². The first kappa shape index (κ1) is 21.3. The van der Waals surface area contributed by atoms with Crippen molar-refractivity contribution in [3.8, 4) is 23.0 Å². The van der Waals surface area contributed by atoms with Gasteiger partial charge >= 0.3 is 0 Å². The second kappa shape index (κ2) is 9.11. The average Bonchev–Trinajstić information content (AvgIpc) is 2.87. The SMILES string of the molecule is CNC(=O)c1cc(Oc2ccc3c(C(=O)Nc4ccc5c(c4)OCCO5)cccc3c2)ccn1. The molecule has 8 heteroatoms. The number of nitrogens with zero attached hydrogens (tertiary/aromatic N) is 1. The highest BCUT2D eigenvalue weighted by Crippen LogP contribution is 2.33. The summed E-state index contributed by atoms with van der Waals surface area (Å²) in [5, 5.41) is 7.09. The lowest BCUT2D eigenvalue weighted by Crippen LogP contribution is -2.18. The Labute approximate surface area is 195 Å². The molecule has 170 valence electrons. The minimum absolute atomic E-state index is 0.236. The molecule has 2 amide bonds. The van der Waals surface area contributed by atoms with Crippen molar-refractivity contribution in [1.29, 1.82) is 0 Å². The number of amides is 2. The second-order valence-corrected chi connectivity index (χ2v) is 7.56. The molecule has 5 rings (SSSR count). The molecule has 1 aliphatic heterocycles. The van der Waals surface area contributed by atoms with E-state index < -0.39 is 0 Å². The first-order valence-electron chi connectivity index (χ1n) is 10.7. The molecule has 0 fully saturated rings. The van der Waals surface area contributed by atoms with Crippen molar-refractivity contribution >= 4 is 28.3 Å². The van der Waals surface area contributed by atoms with Gasteiger partial charge in [-0.1, -0.05) is 12.1 Å². The van der Waals surface area contributed by atoms with Crippen LogP contribution in [0.4, 0.5) is 5.69 Å². The van der Waals surface area contributed by atoms with Gasteiger partial charge in [0.15, 0.2) is 11.5 Å². The summed E-state index contributed by atoms with van der Waals surface area (Å²) in [6, 6.07) is 19.5. The second-order valence-electron chi connectivity index (χ2n) is 7.56. The first-order valence-corrected chi connectivity index (χ1v) is 10.7. The van der Waals surface area contributed by atoms with E-state index >= 15 is 0 Å². The maximum absolute atomic E-state index is 13.0. The zero-order chi connectivity index (χ0) is 23.5. The monoisotopic (exact) mass is 455 g/mol. The summed E-state index contributed by atoms with van der Waals surface area (Å²) in [5.74, 6) is 1.81. The van der Waals surface area contributed by atoms with Crippen LogP contribution in [-0.2, 0) is 0 Å². The molecule has 34 heavy (non-hydrogen) atoms. The smallest absolute Gasteiger partial charge is 0.269 e. The zero-order valence-corrected chi connectivity index (χ0v) is 18.3. The number of nitrogens with one attached hydrogen (secondary N) is 2. The van der Waals surface area contributed by atoms with Gasteiger partial charge in [0.2, 0.25) is 0 Å². The quantitative estimate of drug-likeness (QED) is 0.463. The van der Waals surface area contributed by atoms with Crippen molar-refractivity contribution < 1.29 is 23.8 Å². The molecule has 3 aromatic carbocycles. The van der Waals surface area contributed by atoms with E-state index in [0.29, 0.717) is 47.5 Å². The number of pyridine rings is 1. The lowest BCUT2D eigenvalue weighted by Gasteiger charge is -2.19. The van der Waals surface area contributed by atoms with Crippen molar-refractivity contribution in [2.45, 2.75) is 0 Å². The lowest BCUT2D eigenvalue weighted by atomic mass is 10.0. The molecule has 0 saturated carbocycles. The molecular formula is C26H21N3O5. The van der Waals surface area contributed by atoms with Gasteiger partial charge in [0.25, 0.3) is 11.8 Å². The number of rotatable bonds is 5. The Morgan fingerprint density at radius 3 is 2.56 bits per heavy atom. The molecule has 1 aromatic heterocycles. The largest absolute Gasteiger partial charge is 0.486 e. The maximum Gasteiger partial charge on any atom is 0.269 e. The van der Waals surface area contributed by atoms with Crippen LogP contribution in [0, 0.1) is 0 Å². The van der Waals surface area contributed by atoms with Crippen LogP contribution in [0.3, 0.4) is 0 Å². The highest BCUT2D eigenvalue weighted by molar-refractivity contribution is 6.13. The van der Waals surface area contributed by atoms with Gasteiger partial charge in [0.05, 0.1) is 0 Å². The van der Waals surface area contributed by atoms with E-state index in [9.17, 15) is 9.59 Å². The first-order chi connectivity index (χ1) is 16.6. The molecule has 0 radical (unpaired) electrons. The lowest BCUT2D eigenvalue weighted by molar-refractivity contribution is 0.0957. The minimum atomic E-state index is -0.294. The molecule has 0 unspecified atom stereocenters. The molecule has 0 atom stereocenters. The number of anilines is 1. The minimum Gasteiger partial charge on any atom is -0.486 e. The highest BCUT2D eigenvalue weighted by Gasteiger charge is 2.15. The summed E-state index contributed by atoms with van der Waals surface area (Å²) in [4.78, 5) is 28.9. The number of benzene rings is 3. The summed E-state index contributed by atoms with van der Waals surface area (Å²) >= 11 is 0. The highest BCUT2D eigenvalue weighted by atomic mass is 16.6. The summed E-state index contributed by atoms with van der Waals surface area (Å²) < 4.78 is 17.0. The maximum atomic E-state index is 13.0.